The molecule has 7 nitrogen and oxygen atoms in total. The number of phenolic OH excluding ortho intramolecular Hbond substituents is 1. The van der Waals surface area contributed by atoms with E-state index in [9.17, 15) is 14.7 Å². The third-order valence-electron chi connectivity index (χ3n) is 4.10. The Balaban J connectivity index is 1.49. The molecule has 0 bridgehead atoms. The first-order chi connectivity index (χ1) is 14.5. The summed E-state index contributed by atoms with van der Waals surface area (Å²) in [7, 11) is 0. The summed E-state index contributed by atoms with van der Waals surface area (Å²) in [5.74, 6) is -0.716. The van der Waals surface area contributed by atoms with E-state index in [0.717, 1.165) is 11.4 Å². The van der Waals surface area contributed by atoms with Crippen molar-refractivity contribution in [3.05, 3.63) is 84.4 Å². The Bertz CT molecular complexity index is 1050. The van der Waals surface area contributed by atoms with Crippen LogP contribution in [0.15, 0.2) is 84.0 Å². The number of rotatable bonds is 7. The van der Waals surface area contributed by atoms with Crippen molar-refractivity contribution in [2.75, 3.05) is 10.6 Å². The number of aromatic hydroxyl groups is 1. The van der Waals surface area contributed by atoms with Gasteiger partial charge < -0.3 is 15.7 Å². The van der Waals surface area contributed by atoms with Crippen molar-refractivity contribution in [2.24, 2.45) is 5.10 Å². The van der Waals surface area contributed by atoms with Crippen molar-refractivity contribution in [1.29, 1.82) is 0 Å². The van der Waals surface area contributed by atoms with Gasteiger partial charge in [-0.3, -0.25) is 9.59 Å². The van der Waals surface area contributed by atoms with Crippen LogP contribution in [0.3, 0.4) is 0 Å². The van der Waals surface area contributed by atoms with E-state index in [0.29, 0.717) is 11.4 Å². The van der Waals surface area contributed by atoms with Crippen LogP contribution in [0, 0.1) is 0 Å². The first-order valence-electron chi connectivity index (χ1n) is 9.34. The monoisotopic (exact) mass is 402 g/mol. The topological polar surface area (TPSA) is 103 Å². The summed E-state index contributed by atoms with van der Waals surface area (Å²) in [5.41, 5.74) is 5.65. The van der Waals surface area contributed by atoms with E-state index in [4.69, 9.17) is 0 Å². The molecule has 152 valence electrons. The summed E-state index contributed by atoms with van der Waals surface area (Å²) in [6.45, 7) is 1.65. The third-order valence-corrected chi connectivity index (χ3v) is 4.10. The lowest BCUT2D eigenvalue weighted by Crippen LogP contribution is -2.21. The number of carbonyl (C=O) groups excluding carboxylic acids is 2. The molecule has 0 aliphatic heterocycles. The highest BCUT2D eigenvalue weighted by Crippen LogP contribution is 2.18. The van der Waals surface area contributed by atoms with Crippen LogP contribution in [0.1, 0.15) is 23.7 Å². The highest BCUT2D eigenvalue weighted by atomic mass is 16.3. The average Bonchev–Trinajstić information content (AvgIpc) is 2.74. The SMILES string of the molecule is CC(CC(=O)Nc1ccc(Nc2ccccc2)cc1)=NNC(=O)c1cccc(O)c1. The van der Waals surface area contributed by atoms with Gasteiger partial charge in [-0.05, 0) is 61.5 Å². The first-order valence-corrected chi connectivity index (χ1v) is 9.34. The van der Waals surface area contributed by atoms with Crippen LogP contribution in [-0.2, 0) is 4.79 Å². The number of nitrogens with one attached hydrogen (secondary N) is 3. The summed E-state index contributed by atoms with van der Waals surface area (Å²) < 4.78 is 0. The van der Waals surface area contributed by atoms with Crippen LogP contribution in [0.25, 0.3) is 0 Å². The zero-order chi connectivity index (χ0) is 21.3. The smallest absolute Gasteiger partial charge is 0.271 e. The van der Waals surface area contributed by atoms with E-state index in [2.05, 4.69) is 21.2 Å². The number of hydrazone groups is 1. The minimum absolute atomic E-state index is 0.00674. The minimum Gasteiger partial charge on any atom is -0.508 e. The number of para-hydroxylation sites is 1. The standard InChI is InChI=1S/C23H22N4O3/c1-16(26-27-23(30)17-6-5-9-21(28)15-17)14-22(29)25-20-12-10-19(11-13-20)24-18-7-3-2-4-8-18/h2-13,15,24,28H,14H2,1H3,(H,25,29)(H,27,30). The summed E-state index contributed by atoms with van der Waals surface area (Å²) in [5, 5.41) is 19.4. The van der Waals surface area contributed by atoms with Gasteiger partial charge >= 0.3 is 0 Å². The second-order valence-electron chi connectivity index (χ2n) is 6.63. The molecule has 3 rings (SSSR count). The lowest BCUT2D eigenvalue weighted by atomic mass is 10.2. The van der Waals surface area contributed by atoms with Crippen LogP contribution in [-0.4, -0.2) is 22.6 Å². The molecule has 0 unspecified atom stereocenters. The van der Waals surface area contributed by atoms with E-state index >= 15 is 0 Å². The van der Waals surface area contributed by atoms with Crippen LogP contribution >= 0.6 is 0 Å². The quantitative estimate of drug-likeness (QED) is 0.350. The zero-order valence-electron chi connectivity index (χ0n) is 16.4. The molecule has 0 saturated carbocycles. The Labute approximate surface area is 174 Å². The minimum atomic E-state index is -0.466. The molecule has 7 heteroatoms. The summed E-state index contributed by atoms with van der Waals surface area (Å²) in [6, 6.07) is 23.1. The van der Waals surface area contributed by atoms with Gasteiger partial charge in [-0.15, -0.1) is 0 Å². The molecule has 0 radical (unpaired) electrons. The highest BCUT2D eigenvalue weighted by molar-refractivity contribution is 6.06. The van der Waals surface area contributed by atoms with Gasteiger partial charge in [0.2, 0.25) is 5.91 Å². The molecule has 0 spiro atoms. The van der Waals surface area contributed by atoms with E-state index in [-0.39, 0.29) is 23.6 Å². The third kappa shape index (κ3) is 6.20. The number of amides is 2. The number of carbonyl (C=O) groups is 2. The van der Waals surface area contributed by atoms with Crippen molar-refractivity contribution in [1.82, 2.24) is 5.43 Å². The van der Waals surface area contributed by atoms with Crippen molar-refractivity contribution < 1.29 is 14.7 Å². The Morgan fingerprint density at radius 2 is 1.53 bits per heavy atom. The molecule has 3 aromatic carbocycles. The van der Waals surface area contributed by atoms with Crippen LogP contribution in [0.4, 0.5) is 17.1 Å². The summed E-state index contributed by atoms with van der Waals surface area (Å²) in [4.78, 5) is 24.2. The molecule has 0 aliphatic carbocycles. The number of anilines is 3. The summed E-state index contributed by atoms with van der Waals surface area (Å²) in [6.07, 6.45) is 0.0321. The molecular formula is C23H22N4O3. The molecule has 3 aromatic rings. The predicted octanol–water partition coefficient (Wildman–Crippen LogP) is 4.27. The predicted molar refractivity (Wildman–Crippen MR) is 118 cm³/mol. The van der Waals surface area contributed by atoms with Gasteiger partial charge in [0.1, 0.15) is 5.75 Å². The van der Waals surface area contributed by atoms with Crippen LogP contribution in [0.2, 0.25) is 0 Å². The molecular weight excluding hydrogens is 380 g/mol. The fraction of sp³-hybridized carbons (Fsp3) is 0.0870. The second-order valence-corrected chi connectivity index (χ2v) is 6.63. The van der Waals surface area contributed by atoms with E-state index in [1.807, 2.05) is 42.5 Å². The molecule has 2 amide bonds. The molecule has 4 N–H and O–H groups in total. The fourth-order valence-electron chi connectivity index (χ4n) is 2.66. The van der Waals surface area contributed by atoms with Gasteiger partial charge in [0.05, 0.1) is 6.42 Å². The van der Waals surface area contributed by atoms with E-state index < -0.39 is 5.91 Å². The number of benzene rings is 3. The van der Waals surface area contributed by atoms with E-state index in [1.54, 1.807) is 31.2 Å². The number of nitrogens with zero attached hydrogens (tertiary/aromatic N) is 1. The molecule has 0 atom stereocenters. The van der Waals surface area contributed by atoms with Crippen LogP contribution < -0.4 is 16.1 Å². The molecule has 0 saturated heterocycles. The van der Waals surface area contributed by atoms with Crippen molar-refractivity contribution in [3.63, 3.8) is 0 Å². The molecule has 0 aliphatic rings. The maximum Gasteiger partial charge on any atom is 0.271 e. The van der Waals surface area contributed by atoms with Crippen molar-refractivity contribution in [2.45, 2.75) is 13.3 Å². The van der Waals surface area contributed by atoms with Gasteiger partial charge in [0.15, 0.2) is 0 Å². The number of hydrogen-bond acceptors (Lipinski definition) is 5. The Morgan fingerprint density at radius 3 is 2.23 bits per heavy atom. The summed E-state index contributed by atoms with van der Waals surface area (Å²) >= 11 is 0. The normalized spacial score (nSPS) is 10.9. The maximum atomic E-state index is 12.2. The van der Waals surface area contributed by atoms with Crippen LogP contribution in [0.5, 0.6) is 5.75 Å². The largest absolute Gasteiger partial charge is 0.508 e. The number of phenols is 1. The average molecular weight is 402 g/mol. The Morgan fingerprint density at radius 1 is 0.867 bits per heavy atom. The van der Waals surface area contributed by atoms with Gasteiger partial charge in [-0.2, -0.15) is 5.10 Å². The zero-order valence-corrected chi connectivity index (χ0v) is 16.4. The van der Waals surface area contributed by atoms with Gasteiger partial charge in [-0.25, -0.2) is 5.43 Å². The maximum absolute atomic E-state index is 12.2. The molecule has 0 heterocycles. The second kappa shape index (κ2) is 9.88. The van der Waals surface area contributed by atoms with Gasteiger partial charge in [0.25, 0.3) is 5.91 Å². The molecule has 0 fully saturated rings. The first kappa shape index (κ1) is 20.6. The van der Waals surface area contributed by atoms with Gasteiger partial charge in [-0.1, -0.05) is 24.3 Å². The lowest BCUT2D eigenvalue weighted by molar-refractivity contribution is -0.115. The van der Waals surface area contributed by atoms with Crippen molar-refractivity contribution in [3.8, 4) is 5.75 Å². The van der Waals surface area contributed by atoms with Gasteiger partial charge in [0, 0.05) is 28.3 Å². The lowest BCUT2D eigenvalue weighted by Gasteiger charge is -2.09. The Hall–Kier alpha value is -4.13. The fourth-order valence-corrected chi connectivity index (χ4v) is 2.66. The highest BCUT2D eigenvalue weighted by Gasteiger charge is 2.08. The number of hydrogen-bond donors (Lipinski definition) is 4. The molecule has 30 heavy (non-hydrogen) atoms. The Kier molecular flexibility index (Phi) is 6.78. The van der Waals surface area contributed by atoms with Crippen molar-refractivity contribution >= 4 is 34.6 Å². The molecule has 0 aromatic heterocycles. The van der Waals surface area contributed by atoms with E-state index in [1.165, 1.54) is 12.1 Å².